The van der Waals surface area contributed by atoms with Crippen LogP contribution in [-0.2, 0) is 20.8 Å². The maximum Gasteiger partial charge on any atom is 0.310 e. The highest BCUT2D eigenvalue weighted by atomic mass is 16.5. The molecule has 0 radical (unpaired) electrons. The molecule has 0 spiro atoms. The van der Waals surface area contributed by atoms with Gasteiger partial charge in [-0.15, -0.1) is 0 Å². The number of aromatic nitrogens is 1. The Labute approximate surface area is 239 Å². The van der Waals surface area contributed by atoms with Gasteiger partial charge in [0, 0.05) is 49.4 Å². The SMILES string of the molecule is CCOc1cc(O[C@@H]2C[C@H]3C(=O)C[C@]4(C(=O)O)C[C@@H]4/C=C\CCCCN(C)C(=O)[C@@H]3C2)c2ccc3c(c2n1)CCO3. The molecule has 1 aromatic heterocycles. The predicted molar refractivity (Wildman–Crippen MR) is 151 cm³/mol. The average Bonchev–Trinajstić information content (AvgIpc) is 3.26. The Bertz CT molecular complexity index is 1400. The zero-order chi connectivity index (χ0) is 28.7. The molecular formula is C32H38N2O7. The number of carboxylic acid groups (broad SMARTS) is 1. The number of carbonyl (C=O) groups is 3. The van der Waals surface area contributed by atoms with Crippen molar-refractivity contribution in [2.75, 3.05) is 26.8 Å². The topological polar surface area (TPSA) is 115 Å². The zero-order valence-electron chi connectivity index (χ0n) is 23.8. The molecule has 0 bridgehead atoms. The molecule has 1 N–H and O–H groups in total. The second-order valence-corrected chi connectivity index (χ2v) is 12.0. The van der Waals surface area contributed by atoms with Crippen molar-refractivity contribution in [1.82, 2.24) is 9.88 Å². The highest BCUT2D eigenvalue weighted by molar-refractivity contribution is 5.94. The molecule has 2 aliphatic heterocycles. The lowest BCUT2D eigenvalue weighted by atomic mass is 9.84. The van der Waals surface area contributed by atoms with Crippen LogP contribution in [0.4, 0.5) is 0 Å². The third kappa shape index (κ3) is 5.15. The Kier molecular flexibility index (Phi) is 7.38. The number of allylic oxidation sites excluding steroid dienone is 2. The first-order valence-corrected chi connectivity index (χ1v) is 14.9. The van der Waals surface area contributed by atoms with Gasteiger partial charge in [0.15, 0.2) is 0 Å². The number of hydrogen-bond acceptors (Lipinski definition) is 7. The molecule has 3 heterocycles. The minimum Gasteiger partial charge on any atom is -0.493 e. The number of amides is 1. The Morgan fingerprint density at radius 2 is 2.05 bits per heavy atom. The van der Waals surface area contributed by atoms with Crippen molar-refractivity contribution in [2.45, 2.75) is 64.4 Å². The van der Waals surface area contributed by atoms with E-state index in [1.807, 2.05) is 31.2 Å². The summed E-state index contributed by atoms with van der Waals surface area (Å²) in [7, 11) is 1.79. The fourth-order valence-corrected chi connectivity index (χ4v) is 6.95. The van der Waals surface area contributed by atoms with Gasteiger partial charge in [0.25, 0.3) is 0 Å². The van der Waals surface area contributed by atoms with Crippen LogP contribution in [0.1, 0.15) is 57.4 Å². The van der Waals surface area contributed by atoms with Crippen molar-refractivity contribution in [3.8, 4) is 17.4 Å². The third-order valence-corrected chi connectivity index (χ3v) is 9.34. The number of rotatable bonds is 5. The average molecular weight is 563 g/mol. The van der Waals surface area contributed by atoms with Crippen molar-refractivity contribution in [1.29, 1.82) is 0 Å². The van der Waals surface area contributed by atoms with E-state index < -0.39 is 23.2 Å². The Morgan fingerprint density at radius 3 is 2.85 bits per heavy atom. The number of benzene rings is 1. The molecule has 6 rings (SSSR count). The van der Waals surface area contributed by atoms with Crippen molar-refractivity contribution in [3.63, 3.8) is 0 Å². The number of ether oxygens (including phenoxy) is 3. The third-order valence-electron chi connectivity index (χ3n) is 9.34. The van der Waals surface area contributed by atoms with Crippen LogP contribution in [0.3, 0.4) is 0 Å². The number of nitrogens with zero attached hydrogens (tertiary/aromatic N) is 2. The molecule has 2 fully saturated rings. The molecule has 1 aromatic carbocycles. The normalized spacial score (nSPS) is 30.5. The Hall–Kier alpha value is -3.62. The van der Waals surface area contributed by atoms with Crippen LogP contribution in [0.25, 0.3) is 10.9 Å². The maximum atomic E-state index is 13.8. The Balaban J connectivity index is 1.31. The molecular weight excluding hydrogens is 524 g/mol. The van der Waals surface area contributed by atoms with Crippen molar-refractivity contribution in [3.05, 3.63) is 35.9 Å². The second-order valence-electron chi connectivity index (χ2n) is 12.0. The van der Waals surface area contributed by atoms with Gasteiger partial charge in [-0.1, -0.05) is 12.2 Å². The predicted octanol–water partition coefficient (Wildman–Crippen LogP) is 4.59. The Morgan fingerprint density at radius 1 is 1.22 bits per heavy atom. The van der Waals surface area contributed by atoms with E-state index in [0.29, 0.717) is 50.7 Å². The maximum absolute atomic E-state index is 13.8. The molecule has 9 nitrogen and oxygen atoms in total. The number of aliphatic carboxylic acids is 1. The molecule has 9 heteroatoms. The summed E-state index contributed by atoms with van der Waals surface area (Å²) in [6.45, 7) is 3.57. The summed E-state index contributed by atoms with van der Waals surface area (Å²) in [6.07, 6.45) is 8.15. The lowest BCUT2D eigenvalue weighted by Gasteiger charge is -2.25. The molecule has 218 valence electrons. The van der Waals surface area contributed by atoms with Crippen LogP contribution in [0.15, 0.2) is 30.4 Å². The largest absolute Gasteiger partial charge is 0.493 e. The summed E-state index contributed by atoms with van der Waals surface area (Å²) in [5, 5.41) is 10.9. The van der Waals surface area contributed by atoms with Crippen LogP contribution < -0.4 is 14.2 Å². The van der Waals surface area contributed by atoms with Gasteiger partial charge in [-0.25, -0.2) is 4.98 Å². The van der Waals surface area contributed by atoms with Crippen molar-refractivity contribution < 1.29 is 33.7 Å². The van der Waals surface area contributed by atoms with E-state index in [1.54, 1.807) is 18.0 Å². The summed E-state index contributed by atoms with van der Waals surface area (Å²) in [6, 6.07) is 5.65. The summed E-state index contributed by atoms with van der Waals surface area (Å²) >= 11 is 0. The lowest BCUT2D eigenvalue weighted by molar-refractivity contribution is -0.147. The molecule has 2 aliphatic carbocycles. The molecule has 2 saturated carbocycles. The highest BCUT2D eigenvalue weighted by Crippen LogP contribution is 2.57. The summed E-state index contributed by atoms with van der Waals surface area (Å²) < 4.78 is 18.1. The number of carboxylic acids is 1. The van der Waals surface area contributed by atoms with E-state index in [1.165, 1.54) is 0 Å². The van der Waals surface area contributed by atoms with Gasteiger partial charge in [0.1, 0.15) is 23.4 Å². The number of Topliss-reactive ketones (excluding diaryl/α,β-unsaturated/α-hetero) is 1. The summed E-state index contributed by atoms with van der Waals surface area (Å²) in [4.78, 5) is 46.2. The van der Waals surface area contributed by atoms with Crippen LogP contribution >= 0.6 is 0 Å². The van der Waals surface area contributed by atoms with E-state index in [4.69, 9.17) is 19.2 Å². The van der Waals surface area contributed by atoms with E-state index in [2.05, 4.69) is 0 Å². The number of ketones is 1. The smallest absolute Gasteiger partial charge is 0.310 e. The van der Waals surface area contributed by atoms with E-state index >= 15 is 0 Å². The first-order valence-electron chi connectivity index (χ1n) is 14.9. The van der Waals surface area contributed by atoms with Crippen molar-refractivity contribution >= 4 is 28.6 Å². The van der Waals surface area contributed by atoms with Crippen molar-refractivity contribution in [2.24, 2.45) is 23.2 Å². The van der Waals surface area contributed by atoms with Gasteiger partial charge >= 0.3 is 5.97 Å². The minimum absolute atomic E-state index is 0.0545. The molecule has 5 atom stereocenters. The van der Waals surface area contributed by atoms with Gasteiger partial charge in [0.05, 0.1) is 30.1 Å². The summed E-state index contributed by atoms with van der Waals surface area (Å²) in [5.74, 6) is -0.543. The zero-order valence-corrected chi connectivity index (χ0v) is 23.8. The molecule has 1 amide bonds. The van der Waals surface area contributed by atoms with Gasteiger partial charge in [-0.2, -0.15) is 0 Å². The fourth-order valence-electron chi connectivity index (χ4n) is 6.95. The second kappa shape index (κ2) is 11.0. The van der Waals surface area contributed by atoms with Crippen LogP contribution in [-0.4, -0.2) is 65.6 Å². The standard InChI is InChI=1S/C32H38N2O7/c1-3-39-28-16-27(21-9-10-26-22(11-13-40-26)29(21)33-28)41-20-14-23-24(15-20)30(36)34(2)12-7-5-4-6-8-19-17-32(19,31(37)38)18-25(23)35/h6,8-10,16,19-20,23-24H,3-5,7,11-15,17-18H2,1-2H3,(H,37,38)/b8-6-/t19-,20+,23+,24+,32+/m0/s1. The molecule has 2 aromatic rings. The van der Waals surface area contributed by atoms with E-state index in [9.17, 15) is 19.5 Å². The molecule has 41 heavy (non-hydrogen) atoms. The van der Waals surface area contributed by atoms with E-state index in [0.717, 1.165) is 47.9 Å². The number of carbonyl (C=O) groups excluding carboxylic acids is 2. The van der Waals surface area contributed by atoms with Crippen LogP contribution in [0.5, 0.6) is 17.4 Å². The number of pyridine rings is 1. The molecule has 0 unspecified atom stereocenters. The van der Waals surface area contributed by atoms with E-state index in [-0.39, 0.29) is 30.1 Å². The number of fused-ring (bicyclic) bond motifs is 5. The quantitative estimate of drug-likeness (QED) is 0.526. The number of hydrogen-bond donors (Lipinski definition) is 1. The van der Waals surface area contributed by atoms with Gasteiger partial charge in [0.2, 0.25) is 11.8 Å². The first kappa shape index (κ1) is 27.5. The minimum atomic E-state index is -1.06. The fraction of sp³-hybridized carbons (Fsp3) is 0.562. The lowest BCUT2D eigenvalue weighted by Crippen LogP contribution is -2.38. The molecule has 4 aliphatic rings. The monoisotopic (exact) mass is 562 g/mol. The molecule has 0 saturated heterocycles. The van der Waals surface area contributed by atoms with Gasteiger partial charge < -0.3 is 24.2 Å². The highest BCUT2D eigenvalue weighted by Gasteiger charge is 2.61. The van der Waals surface area contributed by atoms with Gasteiger partial charge in [-0.05, 0) is 63.5 Å². The van der Waals surface area contributed by atoms with Gasteiger partial charge in [-0.3, -0.25) is 14.4 Å². The first-order chi connectivity index (χ1) is 19.8. The summed E-state index contributed by atoms with van der Waals surface area (Å²) in [5.41, 5.74) is 0.736. The van der Waals surface area contributed by atoms with Crippen LogP contribution in [0.2, 0.25) is 0 Å². The van der Waals surface area contributed by atoms with Crippen LogP contribution in [0, 0.1) is 23.2 Å².